The van der Waals surface area contributed by atoms with Crippen LogP contribution in [0.15, 0.2) is 18.7 Å². The van der Waals surface area contributed by atoms with Gasteiger partial charge in [-0.1, -0.05) is 19.3 Å². The topological polar surface area (TPSA) is 122 Å². The average molecular weight is 525 g/mol. The van der Waals surface area contributed by atoms with E-state index in [-0.39, 0.29) is 11.3 Å². The van der Waals surface area contributed by atoms with Crippen LogP contribution in [0.3, 0.4) is 0 Å². The van der Waals surface area contributed by atoms with Crippen LogP contribution in [0.25, 0.3) is 0 Å². The molecule has 0 radical (unpaired) electrons. The molecule has 1 saturated heterocycles. The standard InChI is InChI=1S/C22H30N6O2.C2HF3O2/c1-27-15-23-10-18(27)11-25-21-24-9-17-12-30-14-22(19(17)26-21)7-8-28(13-22)20(29)16-5-3-2-4-6-16;3-2(4,5)1(6)7/h9-10,15-16H,2-8,11-14H2,1H3,(H,24,25,26);(H,6,7). The SMILES string of the molecule is Cn1cncc1CNc1ncc2c(n1)C1(CCN(C(=O)C3CCCCC3)C1)COC2.O=C(O)C(F)(F)F. The monoisotopic (exact) mass is 524 g/mol. The van der Waals surface area contributed by atoms with Crippen molar-refractivity contribution < 1.29 is 32.6 Å². The van der Waals surface area contributed by atoms with E-state index < -0.39 is 12.1 Å². The molecule has 1 spiro atoms. The molecular weight excluding hydrogens is 493 g/mol. The molecular formula is C24H31F3N6O4. The molecule has 4 heterocycles. The molecule has 0 bridgehead atoms. The summed E-state index contributed by atoms with van der Waals surface area (Å²) in [5.41, 5.74) is 2.94. The number of carbonyl (C=O) groups excluding carboxylic acids is 1. The number of carbonyl (C=O) groups is 2. The summed E-state index contributed by atoms with van der Waals surface area (Å²) in [5, 5.41) is 10.5. The molecule has 1 unspecified atom stereocenters. The van der Waals surface area contributed by atoms with Crippen molar-refractivity contribution in [1.82, 2.24) is 24.4 Å². The summed E-state index contributed by atoms with van der Waals surface area (Å²) in [5.74, 6) is -1.59. The van der Waals surface area contributed by atoms with Crippen LogP contribution in [0.5, 0.6) is 0 Å². The first-order chi connectivity index (χ1) is 17.6. The minimum absolute atomic E-state index is 0.208. The minimum Gasteiger partial charge on any atom is -0.475 e. The molecule has 37 heavy (non-hydrogen) atoms. The molecule has 1 amide bonds. The van der Waals surface area contributed by atoms with Gasteiger partial charge in [-0.25, -0.2) is 19.7 Å². The van der Waals surface area contributed by atoms with E-state index in [1.807, 2.05) is 24.0 Å². The van der Waals surface area contributed by atoms with Gasteiger partial charge in [0, 0.05) is 44.0 Å². The van der Waals surface area contributed by atoms with Crippen molar-refractivity contribution >= 4 is 17.8 Å². The van der Waals surface area contributed by atoms with Gasteiger partial charge in [0.15, 0.2) is 0 Å². The van der Waals surface area contributed by atoms with Gasteiger partial charge < -0.3 is 24.6 Å². The van der Waals surface area contributed by atoms with E-state index in [1.165, 1.54) is 19.3 Å². The average Bonchev–Trinajstić information content (AvgIpc) is 3.49. The fourth-order valence-corrected chi connectivity index (χ4v) is 5.19. The maximum Gasteiger partial charge on any atom is 0.490 e. The van der Waals surface area contributed by atoms with E-state index in [0.717, 1.165) is 42.8 Å². The molecule has 2 fully saturated rings. The molecule has 1 aliphatic carbocycles. The van der Waals surface area contributed by atoms with Crippen LogP contribution in [0.4, 0.5) is 19.1 Å². The van der Waals surface area contributed by atoms with E-state index in [4.69, 9.17) is 19.6 Å². The Morgan fingerprint density at radius 3 is 2.62 bits per heavy atom. The summed E-state index contributed by atoms with van der Waals surface area (Å²) in [6.45, 7) is 3.26. The number of carboxylic acids is 1. The molecule has 202 valence electrons. The summed E-state index contributed by atoms with van der Waals surface area (Å²) >= 11 is 0. The number of ether oxygens (including phenoxy) is 1. The van der Waals surface area contributed by atoms with Crippen molar-refractivity contribution in [2.75, 3.05) is 25.0 Å². The Kier molecular flexibility index (Phi) is 8.00. The number of imidazole rings is 1. The highest BCUT2D eigenvalue weighted by Gasteiger charge is 2.47. The van der Waals surface area contributed by atoms with Crippen LogP contribution in [0.1, 0.15) is 55.5 Å². The predicted octanol–water partition coefficient (Wildman–Crippen LogP) is 3.04. The number of rotatable bonds is 4. The van der Waals surface area contributed by atoms with E-state index in [1.54, 1.807) is 6.33 Å². The number of likely N-dealkylation sites (tertiary alicyclic amines) is 1. The molecule has 2 aromatic heterocycles. The molecule has 13 heteroatoms. The van der Waals surface area contributed by atoms with Gasteiger partial charge >= 0.3 is 12.1 Å². The highest BCUT2D eigenvalue weighted by Crippen LogP contribution is 2.40. The lowest BCUT2D eigenvalue weighted by Crippen LogP contribution is -2.43. The highest BCUT2D eigenvalue weighted by atomic mass is 19.4. The maximum absolute atomic E-state index is 13.1. The van der Waals surface area contributed by atoms with Gasteiger partial charge in [-0.2, -0.15) is 13.2 Å². The van der Waals surface area contributed by atoms with E-state index >= 15 is 0 Å². The normalized spacial score (nSPS) is 21.8. The predicted molar refractivity (Wildman–Crippen MR) is 125 cm³/mol. The van der Waals surface area contributed by atoms with Crippen molar-refractivity contribution in [3.8, 4) is 0 Å². The Hall–Kier alpha value is -3.22. The number of alkyl halides is 3. The second-order valence-electron chi connectivity index (χ2n) is 9.84. The number of halogens is 3. The lowest BCUT2D eigenvalue weighted by Gasteiger charge is -2.35. The first-order valence-electron chi connectivity index (χ1n) is 12.3. The Morgan fingerprint density at radius 1 is 1.24 bits per heavy atom. The number of nitrogens with zero attached hydrogens (tertiary/aromatic N) is 5. The van der Waals surface area contributed by atoms with Gasteiger partial charge in [0.2, 0.25) is 11.9 Å². The van der Waals surface area contributed by atoms with Crippen LogP contribution in [0, 0.1) is 5.92 Å². The third kappa shape index (κ3) is 6.20. The Morgan fingerprint density at radius 2 is 1.97 bits per heavy atom. The van der Waals surface area contributed by atoms with E-state index in [9.17, 15) is 18.0 Å². The first kappa shape index (κ1) is 26.8. The molecule has 2 N–H and O–H groups in total. The van der Waals surface area contributed by atoms with Gasteiger partial charge in [0.25, 0.3) is 0 Å². The summed E-state index contributed by atoms with van der Waals surface area (Å²) in [4.78, 5) is 37.6. The fraction of sp³-hybridized carbons (Fsp3) is 0.625. The van der Waals surface area contributed by atoms with Crippen molar-refractivity contribution in [1.29, 1.82) is 0 Å². The Bertz CT molecular complexity index is 1120. The van der Waals surface area contributed by atoms with E-state index in [2.05, 4.69) is 20.2 Å². The summed E-state index contributed by atoms with van der Waals surface area (Å²) in [7, 11) is 1.97. The van der Waals surface area contributed by atoms with Crippen molar-refractivity contribution in [2.24, 2.45) is 13.0 Å². The highest BCUT2D eigenvalue weighted by molar-refractivity contribution is 5.79. The quantitative estimate of drug-likeness (QED) is 0.626. The van der Waals surface area contributed by atoms with Crippen LogP contribution >= 0.6 is 0 Å². The van der Waals surface area contributed by atoms with Gasteiger partial charge in [0.1, 0.15) is 0 Å². The minimum atomic E-state index is -5.08. The number of aryl methyl sites for hydroxylation is 1. The lowest BCUT2D eigenvalue weighted by atomic mass is 9.80. The van der Waals surface area contributed by atoms with Gasteiger partial charge in [0.05, 0.1) is 42.9 Å². The third-order valence-electron chi connectivity index (χ3n) is 7.21. The Balaban J connectivity index is 0.000000405. The molecule has 2 aromatic rings. The number of aliphatic carboxylic acids is 1. The second-order valence-corrected chi connectivity index (χ2v) is 9.84. The van der Waals surface area contributed by atoms with Crippen molar-refractivity contribution in [2.45, 2.75) is 63.3 Å². The zero-order chi connectivity index (χ0) is 26.6. The van der Waals surface area contributed by atoms with Crippen LogP contribution < -0.4 is 5.32 Å². The van der Waals surface area contributed by atoms with Crippen LogP contribution in [0.2, 0.25) is 0 Å². The maximum atomic E-state index is 13.1. The summed E-state index contributed by atoms with van der Waals surface area (Å²) < 4.78 is 39.6. The number of amides is 1. The Labute approximate surface area is 212 Å². The number of aromatic nitrogens is 4. The number of carboxylic acid groups (broad SMARTS) is 1. The first-order valence-corrected chi connectivity index (χ1v) is 12.3. The summed E-state index contributed by atoms with van der Waals surface area (Å²) in [6.07, 6.45) is 7.03. The molecule has 3 aliphatic rings. The van der Waals surface area contributed by atoms with Gasteiger partial charge in [-0.3, -0.25) is 4.79 Å². The molecule has 5 rings (SSSR count). The number of fused-ring (bicyclic) bond motifs is 2. The fourth-order valence-electron chi connectivity index (χ4n) is 5.19. The molecule has 1 saturated carbocycles. The largest absolute Gasteiger partial charge is 0.490 e. The zero-order valence-corrected chi connectivity index (χ0v) is 20.6. The summed E-state index contributed by atoms with van der Waals surface area (Å²) in [6, 6.07) is 0. The zero-order valence-electron chi connectivity index (χ0n) is 20.6. The molecule has 10 nitrogen and oxygen atoms in total. The van der Waals surface area contributed by atoms with Gasteiger partial charge in [-0.05, 0) is 19.3 Å². The number of anilines is 1. The van der Waals surface area contributed by atoms with Crippen molar-refractivity contribution in [3.05, 3.63) is 35.7 Å². The molecule has 2 aliphatic heterocycles. The van der Waals surface area contributed by atoms with Crippen LogP contribution in [-0.2, 0) is 39.9 Å². The molecule has 0 aromatic carbocycles. The van der Waals surface area contributed by atoms with Crippen molar-refractivity contribution in [3.63, 3.8) is 0 Å². The van der Waals surface area contributed by atoms with E-state index in [0.29, 0.717) is 38.2 Å². The van der Waals surface area contributed by atoms with Crippen LogP contribution in [-0.4, -0.2) is 67.3 Å². The number of hydrogen-bond acceptors (Lipinski definition) is 7. The smallest absolute Gasteiger partial charge is 0.475 e. The number of nitrogens with one attached hydrogen (secondary N) is 1. The lowest BCUT2D eigenvalue weighted by molar-refractivity contribution is -0.192. The van der Waals surface area contributed by atoms with Gasteiger partial charge in [-0.15, -0.1) is 0 Å². The number of hydrogen-bond donors (Lipinski definition) is 2. The molecule has 1 atom stereocenters. The second kappa shape index (κ2) is 11.0. The third-order valence-corrected chi connectivity index (χ3v) is 7.21.